The summed E-state index contributed by atoms with van der Waals surface area (Å²) in [5.41, 5.74) is 0.684. The lowest BCUT2D eigenvalue weighted by atomic mass is 9.88. The third kappa shape index (κ3) is 4.18. The summed E-state index contributed by atoms with van der Waals surface area (Å²) in [5.74, 6) is 0.0860. The molecule has 0 unspecified atom stereocenters. The fraction of sp³-hybridized carbons (Fsp3) is 0.632. The van der Waals surface area contributed by atoms with Crippen LogP contribution in [0.1, 0.15) is 71.9 Å². The number of pyridine rings is 1. The van der Waals surface area contributed by atoms with Gasteiger partial charge in [-0.15, -0.1) is 0 Å². The second-order valence-corrected chi connectivity index (χ2v) is 7.11. The Labute approximate surface area is 147 Å². The molecule has 0 saturated heterocycles. The number of ether oxygens (including phenoxy) is 1. The molecule has 1 heterocycles. The Bertz CT molecular complexity index is 710. The van der Waals surface area contributed by atoms with Crippen LogP contribution < -0.4 is 10.9 Å². The Hall–Kier alpha value is -1.95. The topological polar surface area (TPSA) is 88.3 Å². The molecule has 1 fully saturated rings. The van der Waals surface area contributed by atoms with Crippen molar-refractivity contribution >= 4 is 11.7 Å². The molecule has 0 bridgehead atoms. The highest BCUT2D eigenvalue weighted by molar-refractivity contribution is 6.01. The van der Waals surface area contributed by atoms with Crippen molar-refractivity contribution in [2.75, 3.05) is 13.2 Å². The Kier molecular flexibility index (Phi) is 5.68. The number of rotatable bonds is 5. The second kappa shape index (κ2) is 7.95. The van der Waals surface area contributed by atoms with E-state index in [1.165, 1.54) is 25.3 Å². The highest BCUT2D eigenvalue weighted by atomic mass is 16.5. The summed E-state index contributed by atoms with van der Waals surface area (Å²) < 4.78 is 5.86. The van der Waals surface area contributed by atoms with E-state index in [1.807, 2.05) is 0 Å². The predicted octanol–water partition coefficient (Wildman–Crippen LogP) is 2.22. The van der Waals surface area contributed by atoms with E-state index < -0.39 is 11.5 Å². The van der Waals surface area contributed by atoms with Gasteiger partial charge in [-0.05, 0) is 37.7 Å². The number of fused-ring (bicyclic) bond motifs is 1. The van der Waals surface area contributed by atoms with Gasteiger partial charge in [-0.25, -0.2) is 0 Å². The van der Waals surface area contributed by atoms with Crippen LogP contribution >= 0.6 is 0 Å². The van der Waals surface area contributed by atoms with Gasteiger partial charge in [0.25, 0.3) is 11.5 Å². The van der Waals surface area contributed by atoms with Crippen LogP contribution in [0.25, 0.3) is 0 Å². The molecule has 1 aromatic heterocycles. The van der Waals surface area contributed by atoms with Gasteiger partial charge < -0.3 is 15.0 Å². The summed E-state index contributed by atoms with van der Waals surface area (Å²) in [6.45, 7) is 2.99. The third-order valence-corrected chi connectivity index (χ3v) is 5.25. The van der Waals surface area contributed by atoms with Crippen LogP contribution in [0.5, 0.6) is 0 Å². The first-order valence-electron chi connectivity index (χ1n) is 9.25. The van der Waals surface area contributed by atoms with Crippen LogP contribution in [0.4, 0.5) is 0 Å². The molecule has 0 radical (unpaired) electrons. The molecule has 1 amide bonds. The summed E-state index contributed by atoms with van der Waals surface area (Å²) in [6, 6.07) is 1.44. The number of Topliss-reactive ketones (excluding diaryl/α,β-unsaturated/α-hetero) is 1. The number of ketones is 1. The number of aromatic nitrogens is 1. The maximum absolute atomic E-state index is 12.3. The van der Waals surface area contributed by atoms with Crippen LogP contribution in [0, 0.1) is 5.92 Å². The maximum Gasteiger partial charge on any atom is 0.261 e. The SMILES string of the molecule is C[C@H]1CCCC[C@H]1OCCNC(=O)c1cc2c([nH]c1=O)CCCC2=O. The number of nitrogens with one attached hydrogen (secondary N) is 2. The van der Waals surface area contributed by atoms with Crippen LogP contribution in [0.2, 0.25) is 0 Å². The van der Waals surface area contributed by atoms with E-state index in [0.717, 1.165) is 12.8 Å². The highest BCUT2D eigenvalue weighted by Gasteiger charge is 2.23. The molecule has 2 aliphatic carbocycles. The van der Waals surface area contributed by atoms with E-state index in [4.69, 9.17) is 4.74 Å². The molecule has 25 heavy (non-hydrogen) atoms. The molecule has 1 saturated carbocycles. The summed E-state index contributed by atoms with van der Waals surface area (Å²) in [6.07, 6.45) is 6.86. The Morgan fingerprint density at radius 3 is 2.84 bits per heavy atom. The molecule has 136 valence electrons. The van der Waals surface area contributed by atoms with E-state index >= 15 is 0 Å². The van der Waals surface area contributed by atoms with Crippen molar-refractivity contribution in [2.45, 2.75) is 58.0 Å². The third-order valence-electron chi connectivity index (χ3n) is 5.25. The molecule has 0 aliphatic heterocycles. The lowest BCUT2D eigenvalue weighted by Gasteiger charge is -2.28. The average Bonchev–Trinajstić information content (AvgIpc) is 2.59. The minimum atomic E-state index is -0.456. The number of hydrogen-bond acceptors (Lipinski definition) is 4. The fourth-order valence-electron chi connectivity index (χ4n) is 3.74. The summed E-state index contributed by atoms with van der Waals surface area (Å²) in [5, 5.41) is 2.72. The van der Waals surface area contributed by atoms with E-state index in [-0.39, 0.29) is 17.5 Å². The quantitative estimate of drug-likeness (QED) is 0.800. The first-order chi connectivity index (χ1) is 12.1. The van der Waals surface area contributed by atoms with Crippen LogP contribution in [0.15, 0.2) is 10.9 Å². The molecule has 6 nitrogen and oxygen atoms in total. The predicted molar refractivity (Wildman–Crippen MR) is 94.0 cm³/mol. The van der Waals surface area contributed by atoms with Gasteiger partial charge in [-0.1, -0.05) is 19.8 Å². The van der Waals surface area contributed by atoms with Crippen molar-refractivity contribution in [1.82, 2.24) is 10.3 Å². The average molecular weight is 346 g/mol. The van der Waals surface area contributed by atoms with Crippen molar-refractivity contribution in [2.24, 2.45) is 5.92 Å². The van der Waals surface area contributed by atoms with Gasteiger partial charge in [0.15, 0.2) is 5.78 Å². The van der Waals surface area contributed by atoms with Crippen molar-refractivity contribution < 1.29 is 14.3 Å². The van der Waals surface area contributed by atoms with Crippen LogP contribution in [-0.2, 0) is 11.2 Å². The monoisotopic (exact) mass is 346 g/mol. The summed E-state index contributed by atoms with van der Waals surface area (Å²) in [7, 11) is 0. The number of H-pyrrole nitrogens is 1. The highest BCUT2D eigenvalue weighted by Crippen LogP contribution is 2.26. The minimum Gasteiger partial charge on any atom is -0.376 e. The first-order valence-corrected chi connectivity index (χ1v) is 9.25. The van der Waals surface area contributed by atoms with E-state index in [2.05, 4.69) is 17.2 Å². The smallest absolute Gasteiger partial charge is 0.261 e. The van der Waals surface area contributed by atoms with E-state index in [9.17, 15) is 14.4 Å². The van der Waals surface area contributed by atoms with Crippen molar-refractivity contribution in [3.05, 3.63) is 33.2 Å². The largest absolute Gasteiger partial charge is 0.376 e. The molecule has 1 aromatic rings. The Balaban J connectivity index is 1.55. The number of carbonyl (C=O) groups is 2. The number of hydrogen-bond donors (Lipinski definition) is 2. The Morgan fingerprint density at radius 1 is 1.24 bits per heavy atom. The fourth-order valence-corrected chi connectivity index (χ4v) is 3.74. The van der Waals surface area contributed by atoms with Gasteiger partial charge >= 0.3 is 0 Å². The number of aryl methyl sites for hydroxylation is 1. The minimum absolute atomic E-state index is 0.0000319. The van der Waals surface area contributed by atoms with Gasteiger partial charge in [0.05, 0.1) is 12.7 Å². The van der Waals surface area contributed by atoms with Crippen LogP contribution in [-0.4, -0.2) is 35.9 Å². The molecule has 2 N–H and O–H groups in total. The molecular formula is C19H26N2O4. The molecule has 0 spiro atoms. The first kappa shape index (κ1) is 17.9. The standard InChI is InChI=1S/C19H26N2O4/c1-12-5-2-3-8-17(12)25-10-9-20-18(23)14-11-13-15(21-19(14)24)6-4-7-16(13)22/h11-12,17H,2-10H2,1H3,(H,20,23)(H,21,24)/t12-,17+/m0/s1. The molecule has 6 heteroatoms. The summed E-state index contributed by atoms with van der Waals surface area (Å²) >= 11 is 0. The van der Waals surface area contributed by atoms with Crippen molar-refractivity contribution in [3.8, 4) is 0 Å². The van der Waals surface area contributed by atoms with Gasteiger partial charge in [-0.2, -0.15) is 0 Å². The number of aromatic amines is 1. The molecule has 0 aromatic carbocycles. The van der Waals surface area contributed by atoms with E-state index in [0.29, 0.717) is 43.2 Å². The van der Waals surface area contributed by atoms with Gasteiger partial charge in [-0.3, -0.25) is 14.4 Å². The maximum atomic E-state index is 12.3. The molecule has 3 rings (SSSR count). The molecule has 2 aliphatic rings. The normalized spacial score (nSPS) is 23.2. The van der Waals surface area contributed by atoms with Gasteiger partial charge in [0.2, 0.25) is 0 Å². The lowest BCUT2D eigenvalue weighted by Crippen LogP contribution is -2.35. The number of carbonyl (C=O) groups excluding carboxylic acids is 2. The van der Waals surface area contributed by atoms with Crippen molar-refractivity contribution in [1.29, 1.82) is 0 Å². The summed E-state index contributed by atoms with van der Waals surface area (Å²) in [4.78, 5) is 39.0. The zero-order valence-corrected chi connectivity index (χ0v) is 14.7. The van der Waals surface area contributed by atoms with Crippen LogP contribution in [0.3, 0.4) is 0 Å². The van der Waals surface area contributed by atoms with Gasteiger partial charge in [0.1, 0.15) is 5.56 Å². The number of amides is 1. The van der Waals surface area contributed by atoms with E-state index in [1.54, 1.807) is 0 Å². The molecular weight excluding hydrogens is 320 g/mol. The van der Waals surface area contributed by atoms with Gasteiger partial charge in [0, 0.05) is 24.2 Å². The van der Waals surface area contributed by atoms with Crippen molar-refractivity contribution in [3.63, 3.8) is 0 Å². The second-order valence-electron chi connectivity index (χ2n) is 7.11. The molecule has 2 atom stereocenters. The Morgan fingerprint density at radius 2 is 2.04 bits per heavy atom. The lowest BCUT2D eigenvalue weighted by molar-refractivity contribution is -0.00294. The zero-order valence-electron chi connectivity index (χ0n) is 14.7. The zero-order chi connectivity index (χ0) is 17.8.